The van der Waals surface area contributed by atoms with Crippen LogP contribution in [0.4, 0.5) is 0 Å². The third kappa shape index (κ3) is 4.75. The molecule has 21 heavy (non-hydrogen) atoms. The second-order valence-electron chi connectivity index (χ2n) is 5.99. The summed E-state index contributed by atoms with van der Waals surface area (Å²) in [6, 6.07) is 2.57. The zero-order valence-corrected chi connectivity index (χ0v) is 14.8. The Morgan fingerprint density at radius 3 is 2.67 bits per heavy atom. The predicted molar refractivity (Wildman–Crippen MR) is 87.3 cm³/mol. The van der Waals surface area contributed by atoms with Crippen LogP contribution in [-0.2, 0) is 16.6 Å². The van der Waals surface area contributed by atoms with Crippen molar-refractivity contribution in [1.82, 2.24) is 14.9 Å². The molecule has 0 aromatic carbocycles. The van der Waals surface area contributed by atoms with E-state index >= 15 is 0 Å². The first-order valence-corrected chi connectivity index (χ1v) is 9.58. The molecule has 1 aromatic rings. The van der Waals surface area contributed by atoms with E-state index in [0.717, 1.165) is 17.0 Å². The van der Waals surface area contributed by atoms with Crippen molar-refractivity contribution < 1.29 is 8.42 Å². The van der Waals surface area contributed by atoms with E-state index in [2.05, 4.69) is 10.0 Å². The summed E-state index contributed by atoms with van der Waals surface area (Å²) >= 11 is 1.37. The van der Waals surface area contributed by atoms with Gasteiger partial charge in [0.05, 0.1) is 0 Å². The van der Waals surface area contributed by atoms with Crippen LogP contribution in [0.3, 0.4) is 0 Å². The molecule has 2 N–H and O–H groups in total. The highest BCUT2D eigenvalue weighted by molar-refractivity contribution is 7.91. The number of rotatable bonds is 8. The van der Waals surface area contributed by atoms with Gasteiger partial charge in [-0.3, -0.25) is 0 Å². The molecule has 0 saturated heterocycles. The van der Waals surface area contributed by atoms with E-state index in [1.807, 2.05) is 32.8 Å². The largest absolute Gasteiger partial charge is 0.309 e. The van der Waals surface area contributed by atoms with Gasteiger partial charge in [-0.2, -0.15) is 0 Å². The van der Waals surface area contributed by atoms with Gasteiger partial charge in [0.1, 0.15) is 4.21 Å². The van der Waals surface area contributed by atoms with Gasteiger partial charge in [0, 0.05) is 30.1 Å². The molecular weight excluding hydrogens is 306 g/mol. The maximum absolute atomic E-state index is 12.3. The molecule has 0 radical (unpaired) electrons. The number of likely N-dealkylation sites (N-methyl/N-ethyl adjacent to an activating group) is 1. The smallest absolute Gasteiger partial charge is 0.250 e. The molecule has 7 heteroatoms. The van der Waals surface area contributed by atoms with Crippen molar-refractivity contribution in [2.24, 2.45) is 0 Å². The van der Waals surface area contributed by atoms with Crippen LogP contribution >= 0.6 is 11.3 Å². The van der Waals surface area contributed by atoms with Gasteiger partial charge in [-0.15, -0.1) is 11.3 Å². The minimum absolute atomic E-state index is 0.164. The number of aryl methyl sites for hydroxylation is 1. The van der Waals surface area contributed by atoms with Gasteiger partial charge in [0.25, 0.3) is 0 Å². The van der Waals surface area contributed by atoms with E-state index < -0.39 is 10.0 Å². The average molecular weight is 332 g/mol. The number of hydrogen-bond donors (Lipinski definition) is 2. The lowest BCUT2D eigenvalue weighted by molar-refractivity contribution is 0.314. The van der Waals surface area contributed by atoms with Crippen molar-refractivity contribution >= 4 is 21.4 Å². The molecule has 0 bridgehead atoms. The lowest BCUT2D eigenvalue weighted by atomic mass is 10.3. The average Bonchev–Trinajstić information content (AvgIpc) is 3.16. The molecule has 1 atom stereocenters. The minimum atomic E-state index is -3.40. The van der Waals surface area contributed by atoms with E-state index in [1.54, 1.807) is 6.07 Å². The fourth-order valence-corrected chi connectivity index (χ4v) is 4.51. The monoisotopic (exact) mass is 331 g/mol. The maximum atomic E-state index is 12.3. The van der Waals surface area contributed by atoms with Crippen LogP contribution in [-0.4, -0.2) is 46.0 Å². The van der Waals surface area contributed by atoms with Gasteiger partial charge >= 0.3 is 0 Å². The second-order valence-corrected chi connectivity index (χ2v) is 9.12. The second kappa shape index (κ2) is 6.75. The Morgan fingerprint density at radius 2 is 2.10 bits per heavy atom. The molecule has 1 heterocycles. The minimum Gasteiger partial charge on any atom is -0.309 e. The Balaban J connectivity index is 2.00. The summed E-state index contributed by atoms with van der Waals surface area (Å²) in [6.45, 7) is 5.15. The summed E-state index contributed by atoms with van der Waals surface area (Å²) in [5.41, 5.74) is 1.05. The first kappa shape index (κ1) is 16.9. The van der Waals surface area contributed by atoms with Gasteiger partial charge in [0.2, 0.25) is 10.0 Å². The lowest BCUT2D eigenvalue weighted by Gasteiger charge is -2.19. The summed E-state index contributed by atoms with van der Waals surface area (Å²) in [4.78, 5) is 3.11. The van der Waals surface area contributed by atoms with Crippen LogP contribution in [0.1, 0.15) is 30.2 Å². The number of nitrogens with one attached hydrogen (secondary N) is 2. The molecular formula is C14H25N3O2S2. The molecule has 5 nitrogen and oxygen atoms in total. The predicted octanol–water partition coefficient (Wildman–Crippen LogP) is 1.54. The van der Waals surface area contributed by atoms with Crippen LogP contribution in [0.5, 0.6) is 0 Å². The summed E-state index contributed by atoms with van der Waals surface area (Å²) < 4.78 is 27.8. The molecule has 1 unspecified atom stereocenters. The normalized spacial score (nSPS) is 17.4. The Bertz CT molecular complexity index is 577. The van der Waals surface area contributed by atoms with Crippen LogP contribution in [0.25, 0.3) is 0 Å². The van der Waals surface area contributed by atoms with Crippen molar-refractivity contribution in [1.29, 1.82) is 0 Å². The Kier molecular flexibility index (Phi) is 5.43. The van der Waals surface area contributed by atoms with Crippen molar-refractivity contribution in [3.8, 4) is 0 Å². The molecule has 120 valence electrons. The third-order valence-corrected chi connectivity index (χ3v) is 6.98. The standard InChI is InChI=1S/C14H25N3O2S2/c1-10-7-14(20-13(10)9-15-12-5-6-12)21(18,19)16-8-11(2)17(3)4/h7,11-12,15-16H,5-6,8-9H2,1-4H3. The van der Waals surface area contributed by atoms with Crippen molar-refractivity contribution in [2.45, 2.75) is 49.5 Å². The van der Waals surface area contributed by atoms with Crippen molar-refractivity contribution in [3.05, 3.63) is 16.5 Å². The number of nitrogens with zero attached hydrogens (tertiary/aromatic N) is 1. The van der Waals surface area contributed by atoms with E-state index in [4.69, 9.17) is 0 Å². The Labute approximate surface area is 131 Å². The molecule has 0 spiro atoms. The summed E-state index contributed by atoms with van der Waals surface area (Å²) in [6.07, 6.45) is 2.47. The van der Waals surface area contributed by atoms with Crippen LogP contribution in [0.2, 0.25) is 0 Å². The lowest BCUT2D eigenvalue weighted by Crippen LogP contribution is -2.37. The molecule has 1 aliphatic carbocycles. The fourth-order valence-electron chi connectivity index (χ4n) is 1.81. The van der Waals surface area contributed by atoms with Gasteiger partial charge in [-0.25, -0.2) is 13.1 Å². The Morgan fingerprint density at radius 1 is 1.43 bits per heavy atom. The van der Waals surface area contributed by atoms with E-state index in [1.165, 1.54) is 24.2 Å². The first-order chi connectivity index (χ1) is 9.79. The van der Waals surface area contributed by atoms with Crippen LogP contribution < -0.4 is 10.0 Å². The summed E-state index contributed by atoms with van der Waals surface area (Å²) in [5, 5.41) is 3.43. The molecule has 0 aliphatic heterocycles. The van der Waals surface area contributed by atoms with E-state index in [0.29, 0.717) is 16.8 Å². The molecule has 1 aromatic heterocycles. The highest BCUT2D eigenvalue weighted by Crippen LogP contribution is 2.27. The van der Waals surface area contributed by atoms with E-state index in [9.17, 15) is 8.42 Å². The number of thiophene rings is 1. The fraction of sp³-hybridized carbons (Fsp3) is 0.714. The van der Waals surface area contributed by atoms with Gasteiger partial charge < -0.3 is 10.2 Å². The van der Waals surface area contributed by atoms with Gasteiger partial charge in [-0.05, 0) is 52.4 Å². The zero-order valence-electron chi connectivity index (χ0n) is 13.1. The van der Waals surface area contributed by atoms with Crippen LogP contribution in [0.15, 0.2) is 10.3 Å². The topological polar surface area (TPSA) is 61.4 Å². The highest BCUT2D eigenvalue weighted by Gasteiger charge is 2.23. The maximum Gasteiger partial charge on any atom is 0.250 e. The molecule has 2 rings (SSSR count). The molecule has 0 amide bonds. The quantitative estimate of drug-likeness (QED) is 0.758. The number of sulfonamides is 1. The van der Waals surface area contributed by atoms with Gasteiger partial charge in [-0.1, -0.05) is 0 Å². The molecule has 1 saturated carbocycles. The van der Waals surface area contributed by atoms with E-state index in [-0.39, 0.29) is 6.04 Å². The summed E-state index contributed by atoms with van der Waals surface area (Å²) in [5.74, 6) is 0. The van der Waals surface area contributed by atoms with Crippen LogP contribution in [0, 0.1) is 6.92 Å². The zero-order chi connectivity index (χ0) is 15.6. The molecule has 1 fully saturated rings. The highest BCUT2D eigenvalue weighted by atomic mass is 32.2. The van der Waals surface area contributed by atoms with Crippen molar-refractivity contribution in [2.75, 3.05) is 20.6 Å². The van der Waals surface area contributed by atoms with Gasteiger partial charge in [0.15, 0.2) is 0 Å². The summed E-state index contributed by atoms with van der Waals surface area (Å²) in [7, 11) is 0.481. The first-order valence-electron chi connectivity index (χ1n) is 7.28. The number of hydrogen-bond acceptors (Lipinski definition) is 5. The Hall–Kier alpha value is -0.470. The third-order valence-electron chi connectivity index (χ3n) is 3.84. The SMILES string of the molecule is Cc1cc(S(=O)(=O)NCC(C)N(C)C)sc1CNC1CC1. The molecule has 1 aliphatic rings. The van der Waals surface area contributed by atoms with Crippen molar-refractivity contribution in [3.63, 3.8) is 0 Å².